The summed E-state index contributed by atoms with van der Waals surface area (Å²) in [7, 11) is 0. The lowest BCUT2D eigenvalue weighted by Gasteiger charge is -2.39. The van der Waals surface area contributed by atoms with Crippen LogP contribution in [0.25, 0.3) is 11.0 Å². The molecule has 1 fully saturated rings. The number of hydrogen-bond donors (Lipinski definition) is 3. The second-order valence-corrected chi connectivity index (χ2v) is 6.01. The molecule has 20 heavy (non-hydrogen) atoms. The van der Waals surface area contributed by atoms with Crippen molar-refractivity contribution in [3.63, 3.8) is 0 Å². The van der Waals surface area contributed by atoms with Gasteiger partial charge in [0.15, 0.2) is 0 Å². The fraction of sp³-hybridized carbons (Fsp3) is 0.429. The number of rotatable bonds is 4. The number of aromatic amines is 1. The molecule has 2 heterocycles. The highest BCUT2D eigenvalue weighted by Crippen LogP contribution is 2.32. The van der Waals surface area contributed by atoms with Crippen molar-refractivity contribution in [2.24, 2.45) is 0 Å². The molecule has 0 amide bonds. The lowest BCUT2D eigenvalue weighted by molar-refractivity contribution is 0.0691. The van der Waals surface area contributed by atoms with Crippen LogP contribution in [0, 0.1) is 0 Å². The van der Waals surface area contributed by atoms with Gasteiger partial charge in [0.1, 0.15) is 11.2 Å². The zero-order valence-corrected chi connectivity index (χ0v) is 11.9. The largest absolute Gasteiger partial charge is 0.477 e. The van der Waals surface area contributed by atoms with Crippen molar-refractivity contribution in [3.05, 3.63) is 28.5 Å². The summed E-state index contributed by atoms with van der Waals surface area (Å²) >= 11 is 6.04. The predicted octanol–water partition coefficient (Wildman–Crippen LogP) is 2.95. The lowest BCUT2D eigenvalue weighted by atomic mass is 9.78. The van der Waals surface area contributed by atoms with Crippen molar-refractivity contribution in [3.8, 4) is 0 Å². The number of nitrogens with one attached hydrogen (secondary N) is 2. The topological polar surface area (TPSA) is 78.0 Å². The van der Waals surface area contributed by atoms with Gasteiger partial charge < -0.3 is 15.4 Å². The number of carbonyl (C=O) groups is 1. The molecule has 1 aliphatic carbocycles. The summed E-state index contributed by atoms with van der Waals surface area (Å²) in [5.74, 6) is -1.04. The van der Waals surface area contributed by atoms with Crippen LogP contribution in [0.15, 0.2) is 12.3 Å². The monoisotopic (exact) mass is 293 g/mol. The number of nitrogens with zero attached hydrogens (tertiary/aromatic N) is 1. The molecule has 2 aromatic rings. The van der Waals surface area contributed by atoms with Crippen LogP contribution in [0.5, 0.6) is 0 Å². The summed E-state index contributed by atoms with van der Waals surface area (Å²) in [5.41, 5.74) is 2.38. The molecule has 0 aliphatic heterocycles. The fourth-order valence-corrected chi connectivity index (χ4v) is 2.77. The second kappa shape index (κ2) is 4.75. The van der Waals surface area contributed by atoms with E-state index < -0.39 is 5.97 Å². The van der Waals surface area contributed by atoms with E-state index in [9.17, 15) is 4.79 Å². The van der Waals surface area contributed by atoms with Gasteiger partial charge in [-0.15, -0.1) is 0 Å². The Morgan fingerprint density at radius 1 is 1.60 bits per heavy atom. The van der Waals surface area contributed by atoms with Gasteiger partial charge in [0.25, 0.3) is 0 Å². The highest BCUT2D eigenvalue weighted by atomic mass is 35.5. The number of carboxylic acids is 1. The molecule has 0 aromatic carbocycles. The smallest absolute Gasteiger partial charge is 0.354 e. The van der Waals surface area contributed by atoms with Gasteiger partial charge in [-0.1, -0.05) is 11.6 Å². The number of pyridine rings is 1. The highest BCUT2D eigenvalue weighted by molar-refractivity contribution is 6.35. The number of halogens is 1. The van der Waals surface area contributed by atoms with Gasteiger partial charge in [-0.05, 0) is 37.8 Å². The van der Waals surface area contributed by atoms with Crippen LogP contribution in [0.2, 0.25) is 5.02 Å². The molecule has 0 unspecified atom stereocenters. The van der Waals surface area contributed by atoms with Crippen LogP contribution < -0.4 is 5.32 Å². The van der Waals surface area contributed by atoms with Crippen LogP contribution in [0.1, 0.15) is 42.2 Å². The van der Waals surface area contributed by atoms with Crippen LogP contribution in [0.3, 0.4) is 0 Å². The van der Waals surface area contributed by atoms with E-state index in [1.54, 1.807) is 12.3 Å². The van der Waals surface area contributed by atoms with E-state index in [0.717, 1.165) is 23.9 Å². The molecule has 0 spiro atoms. The van der Waals surface area contributed by atoms with E-state index in [1.165, 1.54) is 6.42 Å². The first kappa shape index (κ1) is 13.4. The van der Waals surface area contributed by atoms with Gasteiger partial charge in [0.05, 0.1) is 10.5 Å². The normalized spacial score (nSPS) is 17.1. The number of carboxylic acid groups (broad SMARTS) is 1. The molecule has 0 atom stereocenters. The molecular formula is C14H16ClN3O2. The molecule has 2 aromatic heterocycles. The van der Waals surface area contributed by atoms with E-state index in [1.807, 2.05) is 0 Å². The third-order valence-corrected chi connectivity index (χ3v) is 4.34. The molecule has 1 saturated carbocycles. The molecule has 5 nitrogen and oxygen atoms in total. The van der Waals surface area contributed by atoms with Gasteiger partial charge in [-0.2, -0.15) is 0 Å². The van der Waals surface area contributed by atoms with E-state index in [4.69, 9.17) is 16.7 Å². The first-order chi connectivity index (χ1) is 9.48. The maximum atomic E-state index is 11.2. The van der Waals surface area contributed by atoms with Crippen molar-refractivity contribution in [2.45, 2.75) is 38.3 Å². The Bertz CT molecular complexity index is 676. The Labute approximate surface area is 121 Å². The molecule has 6 heteroatoms. The van der Waals surface area contributed by atoms with Crippen molar-refractivity contribution in [1.82, 2.24) is 15.3 Å². The summed E-state index contributed by atoms with van der Waals surface area (Å²) in [5, 5.41) is 13.1. The number of H-pyrrole nitrogens is 1. The summed E-state index contributed by atoms with van der Waals surface area (Å²) in [4.78, 5) is 18.3. The maximum Gasteiger partial charge on any atom is 0.354 e. The molecular weight excluding hydrogens is 278 g/mol. The molecule has 3 rings (SSSR count). The third kappa shape index (κ3) is 2.27. The van der Waals surface area contributed by atoms with Crippen LogP contribution in [0.4, 0.5) is 0 Å². The average molecular weight is 294 g/mol. The Morgan fingerprint density at radius 3 is 2.95 bits per heavy atom. The maximum absolute atomic E-state index is 11.2. The summed E-state index contributed by atoms with van der Waals surface area (Å²) in [6.45, 7) is 2.79. The fourth-order valence-electron chi connectivity index (χ4n) is 2.58. The summed E-state index contributed by atoms with van der Waals surface area (Å²) < 4.78 is 0. The zero-order chi connectivity index (χ0) is 14.3. The first-order valence-electron chi connectivity index (χ1n) is 6.63. The first-order valence-corrected chi connectivity index (χ1v) is 7.01. The lowest BCUT2D eigenvalue weighted by Crippen LogP contribution is -2.47. The standard InChI is InChI=1S/C14H16ClN3O2/c1-14(3-2-4-14)17-6-8-5-10(13(19)20)18-12-9(15)7-16-11(8)12/h5,7,16-17H,2-4,6H2,1H3,(H,19,20). The number of aromatic carboxylic acids is 1. The van der Waals surface area contributed by atoms with E-state index in [-0.39, 0.29) is 11.2 Å². The van der Waals surface area contributed by atoms with Crippen molar-refractivity contribution in [1.29, 1.82) is 0 Å². The zero-order valence-electron chi connectivity index (χ0n) is 11.2. The van der Waals surface area contributed by atoms with Gasteiger partial charge in [-0.3, -0.25) is 0 Å². The Morgan fingerprint density at radius 2 is 2.35 bits per heavy atom. The Balaban J connectivity index is 1.97. The van der Waals surface area contributed by atoms with Crippen LogP contribution >= 0.6 is 11.6 Å². The van der Waals surface area contributed by atoms with Crippen molar-refractivity contribution in [2.75, 3.05) is 0 Å². The van der Waals surface area contributed by atoms with Gasteiger partial charge >= 0.3 is 5.97 Å². The van der Waals surface area contributed by atoms with Crippen LogP contribution in [-0.4, -0.2) is 26.6 Å². The SMILES string of the molecule is CC1(NCc2cc(C(=O)O)nc3c(Cl)c[nH]c23)CCC1. The molecule has 0 saturated heterocycles. The number of aromatic nitrogens is 2. The predicted molar refractivity (Wildman–Crippen MR) is 77.2 cm³/mol. The second-order valence-electron chi connectivity index (χ2n) is 5.60. The third-order valence-electron chi connectivity index (χ3n) is 4.05. The molecule has 0 bridgehead atoms. The summed E-state index contributed by atoms with van der Waals surface area (Å²) in [6, 6.07) is 1.60. The Kier molecular flexibility index (Phi) is 3.18. The molecule has 106 valence electrons. The summed E-state index contributed by atoms with van der Waals surface area (Å²) in [6.07, 6.45) is 5.18. The van der Waals surface area contributed by atoms with E-state index in [0.29, 0.717) is 17.1 Å². The van der Waals surface area contributed by atoms with Gasteiger partial charge in [0.2, 0.25) is 0 Å². The minimum Gasteiger partial charge on any atom is -0.477 e. The highest BCUT2D eigenvalue weighted by Gasteiger charge is 2.31. The van der Waals surface area contributed by atoms with E-state index in [2.05, 4.69) is 22.2 Å². The molecule has 1 aliphatic rings. The molecule has 0 radical (unpaired) electrons. The van der Waals surface area contributed by atoms with Crippen molar-refractivity contribution < 1.29 is 9.90 Å². The average Bonchev–Trinajstić information content (AvgIpc) is 2.75. The van der Waals surface area contributed by atoms with Gasteiger partial charge in [0, 0.05) is 18.3 Å². The van der Waals surface area contributed by atoms with Gasteiger partial charge in [-0.25, -0.2) is 9.78 Å². The minimum absolute atomic E-state index is 0.0227. The van der Waals surface area contributed by atoms with Crippen LogP contribution in [-0.2, 0) is 6.54 Å². The molecule has 3 N–H and O–H groups in total. The minimum atomic E-state index is -1.04. The quantitative estimate of drug-likeness (QED) is 0.810. The number of fused-ring (bicyclic) bond motifs is 1. The van der Waals surface area contributed by atoms with E-state index >= 15 is 0 Å². The Hall–Kier alpha value is -1.59. The van der Waals surface area contributed by atoms with Crippen molar-refractivity contribution >= 4 is 28.6 Å². The number of hydrogen-bond acceptors (Lipinski definition) is 3.